The van der Waals surface area contributed by atoms with Crippen LogP contribution in [0.4, 0.5) is 8.78 Å². The molecular weight excluding hydrogens is 410 g/mol. The molecule has 2 fully saturated rings. The van der Waals surface area contributed by atoms with Crippen LogP contribution in [0.1, 0.15) is 36.6 Å². The van der Waals surface area contributed by atoms with Crippen molar-refractivity contribution in [1.29, 1.82) is 5.41 Å². The number of hydrogen-bond acceptors (Lipinski definition) is 4. The second-order valence-electron chi connectivity index (χ2n) is 9.48. The standard InChI is InChI=1S/C24H32F2N6/c1-16-10-19(13-31-12-17(2)29-23(16)31)18(11-21(25)26)4-5-22(27)30-8-6-20(7-9-30)32-14-24(3,28)15-32/h4-5,10-13,20-21,27H,6-9,14-15,28H2,1-3H3/b5-4-,18-11-,27-22?. The van der Waals surface area contributed by atoms with Gasteiger partial charge < -0.3 is 15.0 Å². The van der Waals surface area contributed by atoms with E-state index in [-0.39, 0.29) is 5.54 Å². The first-order valence-corrected chi connectivity index (χ1v) is 11.1. The van der Waals surface area contributed by atoms with Crippen molar-refractivity contribution in [2.24, 2.45) is 5.73 Å². The molecule has 0 unspecified atom stereocenters. The molecule has 2 aliphatic rings. The van der Waals surface area contributed by atoms with Crippen LogP contribution in [0, 0.1) is 19.3 Å². The first kappa shape index (κ1) is 22.6. The fourth-order valence-electron chi connectivity index (χ4n) is 4.82. The average Bonchev–Trinajstić information content (AvgIpc) is 3.09. The first-order chi connectivity index (χ1) is 15.1. The summed E-state index contributed by atoms with van der Waals surface area (Å²) in [6.45, 7) is 9.35. The third kappa shape index (κ3) is 4.91. The van der Waals surface area contributed by atoms with E-state index < -0.39 is 6.43 Å². The molecule has 172 valence electrons. The van der Waals surface area contributed by atoms with Gasteiger partial charge in [0.25, 0.3) is 6.43 Å². The summed E-state index contributed by atoms with van der Waals surface area (Å²) < 4.78 is 28.4. The first-order valence-electron chi connectivity index (χ1n) is 11.1. The van der Waals surface area contributed by atoms with E-state index in [0.717, 1.165) is 62.0 Å². The van der Waals surface area contributed by atoms with Gasteiger partial charge in [-0.25, -0.2) is 13.8 Å². The molecule has 32 heavy (non-hydrogen) atoms. The summed E-state index contributed by atoms with van der Waals surface area (Å²) in [7, 11) is 0. The Morgan fingerprint density at radius 3 is 2.53 bits per heavy atom. The van der Waals surface area contributed by atoms with E-state index in [1.54, 1.807) is 12.2 Å². The highest BCUT2D eigenvalue weighted by molar-refractivity contribution is 5.93. The molecule has 0 saturated carbocycles. The van der Waals surface area contributed by atoms with Crippen LogP contribution in [-0.4, -0.2) is 69.2 Å². The second kappa shape index (κ2) is 8.75. The van der Waals surface area contributed by atoms with Crippen molar-refractivity contribution in [2.75, 3.05) is 26.2 Å². The zero-order chi connectivity index (χ0) is 23.0. The maximum atomic E-state index is 13.3. The van der Waals surface area contributed by atoms with Gasteiger partial charge in [0.05, 0.1) is 5.69 Å². The number of aryl methyl sites for hydroxylation is 2. The second-order valence-corrected chi connectivity index (χ2v) is 9.48. The Balaban J connectivity index is 1.44. The minimum atomic E-state index is -2.58. The van der Waals surface area contributed by atoms with Gasteiger partial charge in [0.2, 0.25) is 0 Å². The van der Waals surface area contributed by atoms with Crippen LogP contribution in [-0.2, 0) is 0 Å². The zero-order valence-electron chi connectivity index (χ0n) is 19.0. The number of halogens is 2. The van der Waals surface area contributed by atoms with Crippen LogP contribution < -0.4 is 5.73 Å². The Morgan fingerprint density at radius 1 is 1.22 bits per heavy atom. The van der Waals surface area contributed by atoms with Gasteiger partial charge in [0.15, 0.2) is 0 Å². The molecule has 0 atom stereocenters. The number of piperidine rings is 1. The molecule has 0 amide bonds. The molecule has 6 nitrogen and oxygen atoms in total. The van der Waals surface area contributed by atoms with Crippen molar-refractivity contribution in [3.63, 3.8) is 0 Å². The fraction of sp³-hybridized carbons (Fsp3) is 0.500. The summed E-state index contributed by atoms with van der Waals surface area (Å²) in [5.74, 6) is 0.354. The molecule has 0 radical (unpaired) electrons. The summed E-state index contributed by atoms with van der Waals surface area (Å²) >= 11 is 0. The van der Waals surface area contributed by atoms with E-state index in [9.17, 15) is 8.78 Å². The predicted molar refractivity (Wildman–Crippen MR) is 124 cm³/mol. The number of fused-ring (bicyclic) bond motifs is 1. The van der Waals surface area contributed by atoms with E-state index in [1.165, 1.54) is 0 Å². The number of pyridine rings is 1. The number of nitrogens with one attached hydrogen (secondary N) is 1. The van der Waals surface area contributed by atoms with E-state index in [4.69, 9.17) is 11.1 Å². The molecule has 3 N–H and O–H groups in total. The van der Waals surface area contributed by atoms with E-state index in [1.807, 2.05) is 41.6 Å². The molecule has 0 aliphatic carbocycles. The Bertz CT molecular complexity index is 1050. The van der Waals surface area contributed by atoms with Gasteiger partial charge in [0, 0.05) is 50.2 Å². The topological polar surface area (TPSA) is 73.7 Å². The number of likely N-dealkylation sites (tertiary alicyclic amines) is 2. The molecule has 4 rings (SSSR count). The third-order valence-electron chi connectivity index (χ3n) is 6.37. The average molecular weight is 443 g/mol. The molecule has 2 aliphatic heterocycles. The molecule has 0 spiro atoms. The summed E-state index contributed by atoms with van der Waals surface area (Å²) in [6.07, 6.45) is 7.29. The van der Waals surface area contributed by atoms with Gasteiger partial charge >= 0.3 is 0 Å². The lowest BCUT2D eigenvalue weighted by atomic mass is 9.89. The summed E-state index contributed by atoms with van der Waals surface area (Å²) in [5.41, 5.74) is 9.75. The maximum absolute atomic E-state index is 13.3. The number of alkyl halides is 2. The lowest BCUT2D eigenvalue weighted by Gasteiger charge is -2.51. The van der Waals surface area contributed by atoms with Crippen molar-refractivity contribution in [3.8, 4) is 0 Å². The Kier molecular flexibility index (Phi) is 6.18. The highest BCUT2D eigenvalue weighted by Crippen LogP contribution is 2.27. The van der Waals surface area contributed by atoms with Gasteiger partial charge in [-0.1, -0.05) is 6.08 Å². The van der Waals surface area contributed by atoms with E-state index >= 15 is 0 Å². The lowest BCUT2D eigenvalue weighted by Crippen LogP contribution is -2.68. The normalized spacial score (nSPS) is 20.5. The largest absolute Gasteiger partial charge is 0.357 e. The number of imidazole rings is 1. The predicted octanol–water partition coefficient (Wildman–Crippen LogP) is 3.63. The summed E-state index contributed by atoms with van der Waals surface area (Å²) in [4.78, 5) is 8.92. The maximum Gasteiger partial charge on any atom is 0.257 e. The number of allylic oxidation sites excluding steroid dienone is 3. The molecule has 4 heterocycles. The van der Waals surface area contributed by atoms with Crippen molar-refractivity contribution in [1.82, 2.24) is 19.2 Å². The highest BCUT2D eigenvalue weighted by Gasteiger charge is 2.39. The van der Waals surface area contributed by atoms with Crippen molar-refractivity contribution in [2.45, 2.75) is 51.6 Å². The monoisotopic (exact) mass is 442 g/mol. The third-order valence-corrected chi connectivity index (χ3v) is 6.37. The van der Waals surface area contributed by atoms with Crippen LogP contribution in [0.2, 0.25) is 0 Å². The van der Waals surface area contributed by atoms with Crippen LogP contribution in [0.5, 0.6) is 0 Å². The molecule has 0 aromatic carbocycles. The van der Waals surface area contributed by atoms with Gasteiger partial charge in [-0.2, -0.15) is 0 Å². The van der Waals surface area contributed by atoms with Crippen molar-refractivity contribution >= 4 is 17.1 Å². The molecule has 2 aromatic rings. The number of rotatable bonds is 5. The van der Waals surface area contributed by atoms with Gasteiger partial charge in [-0.3, -0.25) is 10.3 Å². The summed E-state index contributed by atoms with van der Waals surface area (Å²) in [5, 5.41) is 8.47. The number of nitrogens with zero attached hydrogens (tertiary/aromatic N) is 4. The quantitative estimate of drug-likeness (QED) is 0.421. The highest BCUT2D eigenvalue weighted by atomic mass is 19.3. The SMILES string of the molecule is Cc1cn2cc(C(/C=C\C(=N)N3CCC(N4CC(C)(N)C4)CC3)=C\C(F)F)cc(C)c2n1. The zero-order valence-corrected chi connectivity index (χ0v) is 19.0. The summed E-state index contributed by atoms with van der Waals surface area (Å²) in [6, 6.07) is 2.38. The van der Waals surface area contributed by atoms with Gasteiger partial charge in [-0.05, 0) is 68.5 Å². The molecule has 8 heteroatoms. The molecule has 2 aromatic heterocycles. The lowest BCUT2D eigenvalue weighted by molar-refractivity contribution is 0.0181. The van der Waals surface area contributed by atoms with Crippen LogP contribution in [0.3, 0.4) is 0 Å². The molecular formula is C24H32F2N6. The minimum Gasteiger partial charge on any atom is -0.357 e. The Labute approximate surface area is 187 Å². The van der Waals surface area contributed by atoms with Crippen LogP contribution in [0.15, 0.2) is 36.7 Å². The van der Waals surface area contributed by atoms with E-state index in [2.05, 4.69) is 16.8 Å². The van der Waals surface area contributed by atoms with Crippen molar-refractivity contribution < 1.29 is 8.78 Å². The number of hydrogen-bond donors (Lipinski definition) is 2. The molecule has 0 bridgehead atoms. The van der Waals surface area contributed by atoms with Crippen LogP contribution in [0.25, 0.3) is 11.2 Å². The smallest absolute Gasteiger partial charge is 0.257 e. The fourth-order valence-corrected chi connectivity index (χ4v) is 4.82. The van der Waals surface area contributed by atoms with Crippen molar-refractivity contribution in [3.05, 3.63) is 53.5 Å². The minimum absolute atomic E-state index is 0.0726. The number of amidine groups is 1. The molecule has 2 saturated heterocycles. The Morgan fingerprint density at radius 2 is 1.91 bits per heavy atom. The van der Waals surface area contributed by atoms with E-state index in [0.29, 0.717) is 23.0 Å². The Hall–Kier alpha value is -2.58. The van der Waals surface area contributed by atoms with Gasteiger partial charge in [0.1, 0.15) is 11.5 Å². The van der Waals surface area contributed by atoms with Gasteiger partial charge in [-0.15, -0.1) is 0 Å². The number of aromatic nitrogens is 2. The van der Waals surface area contributed by atoms with Crippen LogP contribution >= 0.6 is 0 Å². The number of nitrogens with two attached hydrogens (primary N) is 1.